The van der Waals surface area contributed by atoms with E-state index in [1.807, 2.05) is 0 Å². The van der Waals surface area contributed by atoms with Crippen molar-refractivity contribution in [3.8, 4) is 0 Å². The van der Waals surface area contributed by atoms with Gasteiger partial charge in [-0.05, 0) is 24.6 Å². The first-order valence-electron chi connectivity index (χ1n) is 5.52. The van der Waals surface area contributed by atoms with Crippen molar-refractivity contribution in [2.24, 2.45) is 0 Å². The van der Waals surface area contributed by atoms with Gasteiger partial charge in [-0.25, -0.2) is 13.1 Å². The zero-order chi connectivity index (χ0) is 12.9. The molecule has 1 aromatic rings. The zero-order valence-corrected chi connectivity index (χ0v) is 12.1. The van der Waals surface area contributed by atoms with Crippen LogP contribution < -0.4 is 10.5 Å². The average molecular weight is 321 g/mol. The second-order valence-electron chi connectivity index (χ2n) is 3.79. The van der Waals surface area contributed by atoms with Crippen LogP contribution in [0.4, 0.5) is 5.69 Å². The molecular formula is C11H17BrN2O2S. The minimum Gasteiger partial charge on any atom is -0.398 e. The lowest BCUT2D eigenvalue weighted by Crippen LogP contribution is -2.25. The van der Waals surface area contributed by atoms with Crippen molar-refractivity contribution in [1.29, 1.82) is 0 Å². The summed E-state index contributed by atoms with van der Waals surface area (Å²) in [5.74, 6) is 0. The Morgan fingerprint density at radius 2 is 2.06 bits per heavy atom. The van der Waals surface area contributed by atoms with Gasteiger partial charge in [0.25, 0.3) is 0 Å². The molecule has 1 rings (SSSR count). The number of nitrogens with one attached hydrogen (secondary N) is 1. The number of hydrogen-bond acceptors (Lipinski definition) is 3. The van der Waals surface area contributed by atoms with Crippen LogP contribution in [0.2, 0.25) is 0 Å². The van der Waals surface area contributed by atoms with Crippen LogP contribution in [0.1, 0.15) is 26.2 Å². The van der Waals surface area contributed by atoms with E-state index in [2.05, 4.69) is 27.6 Å². The molecule has 17 heavy (non-hydrogen) atoms. The number of anilines is 1. The summed E-state index contributed by atoms with van der Waals surface area (Å²) >= 11 is 3.23. The molecule has 0 aliphatic rings. The van der Waals surface area contributed by atoms with Crippen LogP contribution in [-0.4, -0.2) is 15.0 Å². The van der Waals surface area contributed by atoms with Crippen molar-refractivity contribution in [3.63, 3.8) is 0 Å². The Morgan fingerprint density at radius 3 is 2.71 bits per heavy atom. The van der Waals surface area contributed by atoms with Gasteiger partial charge >= 0.3 is 0 Å². The number of benzene rings is 1. The van der Waals surface area contributed by atoms with Gasteiger partial charge in [0, 0.05) is 11.0 Å². The lowest BCUT2D eigenvalue weighted by atomic mass is 10.3. The maximum atomic E-state index is 12.0. The first-order valence-corrected chi connectivity index (χ1v) is 7.79. The number of nitrogens with two attached hydrogens (primary N) is 1. The first-order chi connectivity index (χ1) is 7.97. The van der Waals surface area contributed by atoms with Crippen LogP contribution in [0.3, 0.4) is 0 Å². The lowest BCUT2D eigenvalue weighted by molar-refractivity contribution is 0.576. The van der Waals surface area contributed by atoms with E-state index >= 15 is 0 Å². The molecule has 4 nitrogen and oxygen atoms in total. The number of hydrogen-bond donors (Lipinski definition) is 2. The molecule has 0 aromatic heterocycles. The van der Waals surface area contributed by atoms with Gasteiger partial charge in [0.05, 0.1) is 5.69 Å². The molecule has 0 unspecified atom stereocenters. The molecule has 96 valence electrons. The fraction of sp³-hybridized carbons (Fsp3) is 0.455. The summed E-state index contributed by atoms with van der Waals surface area (Å²) in [4.78, 5) is 0.128. The normalized spacial score (nSPS) is 11.6. The van der Waals surface area contributed by atoms with E-state index in [-0.39, 0.29) is 10.6 Å². The van der Waals surface area contributed by atoms with Crippen molar-refractivity contribution >= 4 is 31.6 Å². The van der Waals surface area contributed by atoms with E-state index in [4.69, 9.17) is 5.73 Å². The number of unbranched alkanes of at least 4 members (excludes halogenated alkanes) is 2. The second kappa shape index (κ2) is 6.37. The minimum absolute atomic E-state index is 0.128. The third kappa shape index (κ3) is 4.29. The van der Waals surface area contributed by atoms with Gasteiger partial charge in [0.2, 0.25) is 10.0 Å². The highest BCUT2D eigenvalue weighted by Gasteiger charge is 2.16. The Balaban J connectivity index is 2.79. The number of rotatable bonds is 6. The Bertz CT molecular complexity index is 474. The summed E-state index contributed by atoms with van der Waals surface area (Å²) in [6.07, 6.45) is 2.90. The van der Waals surface area contributed by atoms with E-state index in [1.54, 1.807) is 12.1 Å². The summed E-state index contributed by atoms with van der Waals surface area (Å²) in [7, 11) is -3.50. The minimum atomic E-state index is -3.50. The van der Waals surface area contributed by atoms with Gasteiger partial charge in [-0.1, -0.05) is 35.7 Å². The molecule has 0 aliphatic carbocycles. The van der Waals surface area contributed by atoms with Gasteiger partial charge in [0.1, 0.15) is 4.90 Å². The predicted octanol–water partition coefficient (Wildman–Crippen LogP) is 2.50. The standard InChI is InChI=1S/C11H17BrN2O2S/c1-2-3-4-7-14-17(15,16)11-8-9(12)5-6-10(11)13/h5-6,8,14H,2-4,7,13H2,1H3. The molecule has 0 radical (unpaired) electrons. The average Bonchev–Trinajstić information content (AvgIpc) is 2.28. The summed E-state index contributed by atoms with van der Waals surface area (Å²) in [6, 6.07) is 4.80. The molecule has 0 amide bonds. The van der Waals surface area contributed by atoms with E-state index in [1.165, 1.54) is 6.07 Å². The second-order valence-corrected chi connectivity index (χ2v) is 6.44. The largest absolute Gasteiger partial charge is 0.398 e. The molecule has 0 bridgehead atoms. The van der Waals surface area contributed by atoms with Crippen LogP contribution >= 0.6 is 15.9 Å². The molecule has 0 heterocycles. The Labute approximate surface area is 111 Å². The van der Waals surface area contributed by atoms with Gasteiger partial charge < -0.3 is 5.73 Å². The fourth-order valence-corrected chi connectivity index (χ4v) is 3.14. The van der Waals surface area contributed by atoms with Crippen molar-refractivity contribution in [3.05, 3.63) is 22.7 Å². The maximum absolute atomic E-state index is 12.0. The van der Waals surface area contributed by atoms with Crippen molar-refractivity contribution in [1.82, 2.24) is 4.72 Å². The molecule has 0 saturated heterocycles. The maximum Gasteiger partial charge on any atom is 0.242 e. The van der Waals surface area contributed by atoms with Gasteiger partial charge in [-0.2, -0.15) is 0 Å². The van der Waals surface area contributed by atoms with Crippen LogP contribution in [-0.2, 0) is 10.0 Å². The molecule has 3 N–H and O–H groups in total. The molecule has 0 spiro atoms. The molecule has 0 saturated carbocycles. The summed E-state index contributed by atoms with van der Waals surface area (Å²) < 4.78 is 27.2. The van der Waals surface area contributed by atoms with Crippen LogP contribution in [0.25, 0.3) is 0 Å². The Kier molecular flexibility index (Phi) is 5.42. The summed E-state index contributed by atoms with van der Waals surface area (Å²) in [5.41, 5.74) is 5.93. The fourth-order valence-electron chi connectivity index (χ4n) is 1.40. The molecule has 6 heteroatoms. The Hall–Kier alpha value is -0.590. The lowest BCUT2D eigenvalue weighted by Gasteiger charge is -2.09. The highest BCUT2D eigenvalue weighted by atomic mass is 79.9. The first kappa shape index (κ1) is 14.5. The predicted molar refractivity (Wildman–Crippen MR) is 73.3 cm³/mol. The highest BCUT2D eigenvalue weighted by Crippen LogP contribution is 2.22. The van der Waals surface area contributed by atoms with Crippen LogP contribution in [0.5, 0.6) is 0 Å². The van der Waals surface area contributed by atoms with Gasteiger partial charge in [-0.15, -0.1) is 0 Å². The van der Waals surface area contributed by atoms with E-state index in [9.17, 15) is 8.42 Å². The van der Waals surface area contributed by atoms with Crippen LogP contribution in [0.15, 0.2) is 27.6 Å². The Morgan fingerprint density at radius 1 is 1.35 bits per heavy atom. The van der Waals surface area contributed by atoms with Gasteiger partial charge in [0.15, 0.2) is 0 Å². The third-order valence-corrected chi connectivity index (χ3v) is 4.35. The molecule has 1 aromatic carbocycles. The monoisotopic (exact) mass is 320 g/mol. The SMILES string of the molecule is CCCCCNS(=O)(=O)c1cc(Br)ccc1N. The van der Waals surface area contributed by atoms with E-state index < -0.39 is 10.0 Å². The zero-order valence-electron chi connectivity index (χ0n) is 9.74. The van der Waals surface area contributed by atoms with E-state index in [0.29, 0.717) is 11.0 Å². The summed E-state index contributed by atoms with van der Waals surface area (Å²) in [6.45, 7) is 2.52. The molecule has 0 atom stereocenters. The van der Waals surface area contributed by atoms with E-state index in [0.717, 1.165) is 19.3 Å². The molecule has 0 fully saturated rings. The summed E-state index contributed by atoms with van der Waals surface area (Å²) in [5, 5.41) is 0. The highest BCUT2D eigenvalue weighted by molar-refractivity contribution is 9.10. The van der Waals surface area contributed by atoms with Gasteiger partial charge in [-0.3, -0.25) is 0 Å². The van der Waals surface area contributed by atoms with Crippen molar-refractivity contribution in [2.45, 2.75) is 31.1 Å². The third-order valence-electron chi connectivity index (χ3n) is 2.34. The van der Waals surface area contributed by atoms with Crippen molar-refractivity contribution < 1.29 is 8.42 Å². The topological polar surface area (TPSA) is 72.2 Å². The number of halogens is 1. The number of nitrogen functional groups attached to an aromatic ring is 1. The smallest absolute Gasteiger partial charge is 0.242 e. The van der Waals surface area contributed by atoms with Crippen molar-refractivity contribution in [2.75, 3.05) is 12.3 Å². The number of sulfonamides is 1. The quantitative estimate of drug-likeness (QED) is 0.624. The van der Waals surface area contributed by atoms with Crippen LogP contribution in [0, 0.1) is 0 Å². The molecule has 0 aliphatic heterocycles. The molecular weight excluding hydrogens is 304 g/mol.